The van der Waals surface area contributed by atoms with Crippen molar-refractivity contribution in [3.8, 4) is 5.75 Å². The van der Waals surface area contributed by atoms with Gasteiger partial charge in [-0.25, -0.2) is 0 Å². The molecule has 0 aliphatic carbocycles. The molecule has 0 bridgehead atoms. The van der Waals surface area contributed by atoms with Crippen LogP contribution in [0.1, 0.15) is 0 Å². The molecule has 19 heavy (non-hydrogen) atoms. The number of ether oxygens (including phenoxy) is 1. The quantitative estimate of drug-likeness (QED) is 0.625. The maximum atomic E-state index is 10.6. The number of aromatic nitrogens is 2. The lowest BCUT2D eigenvalue weighted by molar-refractivity contribution is -0.384. The molecule has 0 aliphatic heterocycles. The number of nitro groups is 1. The fourth-order valence-electron chi connectivity index (χ4n) is 1.56. The Hall–Kier alpha value is -2.41. The molecule has 1 aromatic carbocycles. The van der Waals surface area contributed by atoms with Crippen LogP contribution in [0.5, 0.6) is 5.75 Å². The number of aliphatic hydroxyl groups excluding tert-OH is 1. The summed E-state index contributed by atoms with van der Waals surface area (Å²) in [6.07, 6.45) is 2.62. The van der Waals surface area contributed by atoms with Crippen molar-refractivity contribution in [2.24, 2.45) is 0 Å². The van der Waals surface area contributed by atoms with Crippen molar-refractivity contribution in [2.45, 2.75) is 12.6 Å². The first-order chi connectivity index (χ1) is 9.15. The number of benzene rings is 1. The predicted octanol–water partition coefficient (Wildman–Crippen LogP) is 1.23. The SMILES string of the molecule is O=[N+]([O-])c1cccc(OC[C@@H](O)Cn2cccn2)c1. The summed E-state index contributed by atoms with van der Waals surface area (Å²) in [6, 6.07) is 7.60. The van der Waals surface area contributed by atoms with Gasteiger partial charge in [-0.05, 0) is 12.1 Å². The fraction of sp³-hybridized carbons (Fsp3) is 0.250. The van der Waals surface area contributed by atoms with Gasteiger partial charge >= 0.3 is 0 Å². The highest BCUT2D eigenvalue weighted by Gasteiger charge is 2.09. The Balaban J connectivity index is 1.88. The number of hydrogen-bond acceptors (Lipinski definition) is 5. The Labute approximate surface area is 109 Å². The zero-order valence-electron chi connectivity index (χ0n) is 10.0. The van der Waals surface area contributed by atoms with Gasteiger partial charge in [0.1, 0.15) is 18.5 Å². The third-order valence-electron chi connectivity index (χ3n) is 2.43. The van der Waals surface area contributed by atoms with Crippen molar-refractivity contribution in [1.29, 1.82) is 0 Å². The summed E-state index contributed by atoms with van der Waals surface area (Å²) >= 11 is 0. The predicted molar refractivity (Wildman–Crippen MR) is 66.8 cm³/mol. The van der Waals surface area contributed by atoms with Gasteiger partial charge in [-0.3, -0.25) is 14.8 Å². The molecule has 0 unspecified atom stereocenters. The second-order valence-electron chi connectivity index (χ2n) is 3.95. The molecule has 1 atom stereocenters. The average molecular weight is 263 g/mol. The van der Waals surface area contributed by atoms with Crippen LogP contribution in [-0.4, -0.2) is 32.5 Å². The van der Waals surface area contributed by atoms with E-state index in [-0.39, 0.29) is 12.3 Å². The standard InChI is InChI=1S/C12H13N3O4/c16-11(8-14-6-2-5-13-14)9-19-12-4-1-3-10(7-12)15(17)18/h1-7,11,16H,8-9H2/t11-/m0/s1. The number of hydrogen-bond donors (Lipinski definition) is 1. The van der Waals surface area contributed by atoms with Gasteiger partial charge in [0.25, 0.3) is 5.69 Å². The van der Waals surface area contributed by atoms with Crippen molar-refractivity contribution < 1.29 is 14.8 Å². The van der Waals surface area contributed by atoms with Crippen LogP contribution < -0.4 is 4.74 Å². The minimum Gasteiger partial charge on any atom is -0.491 e. The van der Waals surface area contributed by atoms with Crippen molar-refractivity contribution >= 4 is 5.69 Å². The van der Waals surface area contributed by atoms with Gasteiger partial charge in [-0.2, -0.15) is 5.10 Å². The van der Waals surface area contributed by atoms with Crippen molar-refractivity contribution in [2.75, 3.05) is 6.61 Å². The Kier molecular flexibility index (Phi) is 4.09. The molecule has 2 rings (SSSR count). The monoisotopic (exact) mass is 263 g/mol. The number of aliphatic hydroxyl groups is 1. The molecule has 0 saturated carbocycles. The number of nitrogens with zero attached hydrogens (tertiary/aromatic N) is 3. The van der Waals surface area contributed by atoms with Gasteiger partial charge < -0.3 is 9.84 Å². The first-order valence-electron chi connectivity index (χ1n) is 5.68. The highest BCUT2D eigenvalue weighted by atomic mass is 16.6. The third kappa shape index (κ3) is 3.78. The number of rotatable bonds is 6. The molecule has 0 amide bonds. The first-order valence-corrected chi connectivity index (χ1v) is 5.68. The summed E-state index contributed by atoms with van der Waals surface area (Å²) < 4.78 is 6.90. The Morgan fingerprint density at radius 1 is 1.47 bits per heavy atom. The van der Waals surface area contributed by atoms with Crippen LogP contribution >= 0.6 is 0 Å². The molecule has 0 radical (unpaired) electrons. The maximum Gasteiger partial charge on any atom is 0.273 e. The van der Waals surface area contributed by atoms with Gasteiger partial charge in [-0.1, -0.05) is 6.07 Å². The van der Waals surface area contributed by atoms with Crippen LogP contribution in [0.25, 0.3) is 0 Å². The van der Waals surface area contributed by atoms with Crippen LogP contribution in [0.15, 0.2) is 42.7 Å². The Bertz CT molecular complexity index is 542. The van der Waals surface area contributed by atoms with Crippen LogP contribution in [0.4, 0.5) is 5.69 Å². The molecule has 7 nitrogen and oxygen atoms in total. The Morgan fingerprint density at radius 3 is 3.00 bits per heavy atom. The lowest BCUT2D eigenvalue weighted by Crippen LogP contribution is -2.23. The summed E-state index contributed by atoms with van der Waals surface area (Å²) in [4.78, 5) is 10.1. The maximum absolute atomic E-state index is 10.6. The van der Waals surface area contributed by atoms with Gasteiger partial charge in [-0.15, -0.1) is 0 Å². The van der Waals surface area contributed by atoms with E-state index in [1.165, 1.54) is 18.2 Å². The molecule has 1 heterocycles. The molecular weight excluding hydrogens is 250 g/mol. The van der Waals surface area contributed by atoms with E-state index in [2.05, 4.69) is 5.10 Å². The fourth-order valence-corrected chi connectivity index (χ4v) is 1.56. The van der Waals surface area contributed by atoms with Crippen molar-refractivity contribution in [3.63, 3.8) is 0 Å². The largest absolute Gasteiger partial charge is 0.491 e. The first kappa shape index (κ1) is 13.0. The average Bonchev–Trinajstić information content (AvgIpc) is 2.89. The molecule has 1 N–H and O–H groups in total. The molecular formula is C12H13N3O4. The highest BCUT2D eigenvalue weighted by Crippen LogP contribution is 2.19. The summed E-state index contributed by atoms with van der Waals surface area (Å²) in [7, 11) is 0. The molecule has 0 fully saturated rings. The molecule has 0 spiro atoms. The van der Waals surface area contributed by atoms with Crippen molar-refractivity contribution in [1.82, 2.24) is 9.78 Å². The molecule has 100 valence electrons. The topological polar surface area (TPSA) is 90.4 Å². The van der Waals surface area contributed by atoms with Gasteiger partial charge in [0.05, 0.1) is 17.5 Å². The number of nitro benzene ring substituents is 1. The minimum atomic E-state index is -0.737. The summed E-state index contributed by atoms with van der Waals surface area (Å²) in [5, 5.41) is 24.3. The smallest absolute Gasteiger partial charge is 0.273 e. The molecule has 0 saturated heterocycles. The highest BCUT2D eigenvalue weighted by molar-refractivity contribution is 5.37. The van der Waals surface area contributed by atoms with E-state index in [1.54, 1.807) is 29.2 Å². The van der Waals surface area contributed by atoms with Crippen molar-refractivity contribution in [3.05, 3.63) is 52.8 Å². The number of non-ortho nitro benzene ring substituents is 1. The third-order valence-corrected chi connectivity index (χ3v) is 2.43. The summed E-state index contributed by atoms with van der Waals surface area (Å²) in [5.41, 5.74) is -0.0425. The molecule has 0 aliphatic rings. The van der Waals surface area contributed by atoms with Gasteiger partial charge in [0.15, 0.2) is 0 Å². The van der Waals surface area contributed by atoms with E-state index in [1.807, 2.05) is 0 Å². The second kappa shape index (κ2) is 5.96. The summed E-state index contributed by atoms with van der Waals surface area (Å²) in [6.45, 7) is 0.350. The zero-order valence-corrected chi connectivity index (χ0v) is 10.0. The summed E-state index contributed by atoms with van der Waals surface area (Å²) in [5.74, 6) is 0.355. The van der Waals surface area contributed by atoms with Crippen LogP contribution in [-0.2, 0) is 6.54 Å². The van der Waals surface area contributed by atoms with E-state index in [9.17, 15) is 15.2 Å². The van der Waals surface area contributed by atoms with Crippen LogP contribution in [0, 0.1) is 10.1 Å². The normalized spacial score (nSPS) is 12.1. The second-order valence-corrected chi connectivity index (χ2v) is 3.95. The van der Waals surface area contributed by atoms with E-state index in [4.69, 9.17) is 4.74 Å². The molecule has 7 heteroatoms. The van der Waals surface area contributed by atoms with E-state index in [0.29, 0.717) is 12.3 Å². The van der Waals surface area contributed by atoms with Crippen LogP contribution in [0.2, 0.25) is 0 Å². The van der Waals surface area contributed by atoms with Gasteiger partial charge in [0.2, 0.25) is 0 Å². The molecule has 2 aromatic rings. The Morgan fingerprint density at radius 2 is 2.32 bits per heavy atom. The zero-order chi connectivity index (χ0) is 13.7. The van der Waals surface area contributed by atoms with Gasteiger partial charge in [0, 0.05) is 18.5 Å². The molecule has 1 aromatic heterocycles. The minimum absolute atomic E-state index is 0.0425. The van der Waals surface area contributed by atoms with E-state index >= 15 is 0 Å². The van der Waals surface area contributed by atoms with E-state index < -0.39 is 11.0 Å². The lowest BCUT2D eigenvalue weighted by atomic mass is 10.3. The van der Waals surface area contributed by atoms with E-state index in [0.717, 1.165) is 0 Å². The lowest BCUT2D eigenvalue weighted by Gasteiger charge is -2.12. The van der Waals surface area contributed by atoms with Crippen LogP contribution in [0.3, 0.4) is 0 Å².